The molecule has 0 spiro atoms. The molecule has 2 N–H and O–H groups in total. The summed E-state index contributed by atoms with van der Waals surface area (Å²) in [6.07, 6.45) is 2.39. The predicted molar refractivity (Wildman–Crippen MR) is 70.0 cm³/mol. The summed E-state index contributed by atoms with van der Waals surface area (Å²) in [5.74, 6) is -0.481. The number of carboxylic acids is 1. The molecule has 1 aromatic heterocycles. The van der Waals surface area contributed by atoms with Gasteiger partial charge in [-0.25, -0.2) is 17.9 Å². The Hall–Kier alpha value is -0.960. The van der Waals surface area contributed by atoms with Crippen LogP contribution in [0.2, 0.25) is 0 Å². The van der Waals surface area contributed by atoms with Crippen molar-refractivity contribution < 1.29 is 23.1 Å². The Morgan fingerprint density at radius 1 is 1.53 bits per heavy atom. The summed E-state index contributed by atoms with van der Waals surface area (Å²) < 4.78 is 31.3. The minimum atomic E-state index is -3.64. The fourth-order valence-corrected chi connectivity index (χ4v) is 3.56. The molecular formula is C11H15NO5S2. The maximum atomic E-state index is 11.8. The third kappa shape index (κ3) is 4.27. The fraction of sp³-hybridized carbons (Fsp3) is 0.545. The summed E-state index contributed by atoms with van der Waals surface area (Å²) in [7, 11) is -3.64. The van der Waals surface area contributed by atoms with Gasteiger partial charge in [-0.15, -0.1) is 11.3 Å². The van der Waals surface area contributed by atoms with Crippen LogP contribution in [0.25, 0.3) is 0 Å². The lowest BCUT2D eigenvalue weighted by molar-refractivity contribution is 0.0702. The zero-order valence-electron chi connectivity index (χ0n) is 10.2. The lowest BCUT2D eigenvalue weighted by Gasteiger charge is -2.05. The highest BCUT2D eigenvalue weighted by atomic mass is 32.2. The molecule has 19 heavy (non-hydrogen) atoms. The van der Waals surface area contributed by atoms with Crippen molar-refractivity contribution in [1.29, 1.82) is 0 Å². The van der Waals surface area contributed by atoms with Crippen LogP contribution in [0, 0.1) is 5.92 Å². The van der Waals surface area contributed by atoms with E-state index in [1.807, 2.05) is 0 Å². The molecule has 1 aliphatic rings. The Morgan fingerprint density at radius 2 is 2.26 bits per heavy atom. The number of sulfonamides is 1. The SMILES string of the molecule is O=C(O)c1cc(S(=O)(=O)NCCOCC2CC2)cs1. The van der Waals surface area contributed by atoms with Gasteiger partial charge in [0.2, 0.25) is 10.0 Å². The number of ether oxygens (including phenoxy) is 1. The molecule has 6 nitrogen and oxygen atoms in total. The third-order valence-electron chi connectivity index (χ3n) is 2.69. The van der Waals surface area contributed by atoms with Gasteiger partial charge in [0, 0.05) is 18.5 Å². The maximum Gasteiger partial charge on any atom is 0.345 e. The van der Waals surface area contributed by atoms with Crippen LogP contribution >= 0.6 is 11.3 Å². The molecule has 0 atom stereocenters. The molecule has 1 aliphatic carbocycles. The van der Waals surface area contributed by atoms with Crippen molar-refractivity contribution in [1.82, 2.24) is 4.72 Å². The van der Waals surface area contributed by atoms with E-state index >= 15 is 0 Å². The highest BCUT2D eigenvalue weighted by molar-refractivity contribution is 7.89. The van der Waals surface area contributed by atoms with Crippen LogP contribution in [0.1, 0.15) is 22.5 Å². The summed E-state index contributed by atoms with van der Waals surface area (Å²) in [4.78, 5) is 10.7. The van der Waals surface area contributed by atoms with E-state index < -0.39 is 16.0 Å². The molecule has 0 amide bonds. The van der Waals surface area contributed by atoms with E-state index in [0.29, 0.717) is 19.1 Å². The van der Waals surface area contributed by atoms with Crippen LogP contribution in [0.4, 0.5) is 0 Å². The van der Waals surface area contributed by atoms with E-state index in [9.17, 15) is 13.2 Å². The topological polar surface area (TPSA) is 92.7 Å². The Morgan fingerprint density at radius 3 is 2.84 bits per heavy atom. The van der Waals surface area contributed by atoms with Gasteiger partial charge in [-0.1, -0.05) is 0 Å². The van der Waals surface area contributed by atoms with Crippen molar-refractivity contribution in [3.8, 4) is 0 Å². The van der Waals surface area contributed by atoms with E-state index in [1.54, 1.807) is 0 Å². The largest absolute Gasteiger partial charge is 0.477 e. The molecular weight excluding hydrogens is 290 g/mol. The van der Waals surface area contributed by atoms with Crippen LogP contribution in [0.15, 0.2) is 16.3 Å². The average molecular weight is 305 g/mol. The number of rotatable bonds is 8. The van der Waals surface area contributed by atoms with Crippen molar-refractivity contribution in [3.05, 3.63) is 16.3 Å². The standard InChI is InChI=1S/C11H15NO5S2/c13-11(14)10-5-9(7-18-10)19(15,16)12-3-4-17-6-8-1-2-8/h5,7-8,12H,1-4,6H2,(H,13,14). The van der Waals surface area contributed by atoms with Gasteiger partial charge in [-0.05, 0) is 24.8 Å². The smallest absolute Gasteiger partial charge is 0.345 e. The lowest BCUT2D eigenvalue weighted by Crippen LogP contribution is -2.27. The normalized spacial score (nSPS) is 15.6. The van der Waals surface area contributed by atoms with Crippen LogP contribution in [-0.2, 0) is 14.8 Å². The zero-order valence-corrected chi connectivity index (χ0v) is 11.8. The highest BCUT2D eigenvalue weighted by Crippen LogP contribution is 2.28. The van der Waals surface area contributed by atoms with Crippen LogP contribution in [0.3, 0.4) is 0 Å². The molecule has 2 rings (SSSR count). The minimum Gasteiger partial charge on any atom is -0.477 e. The Labute approximate surface area is 115 Å². The van der Waals surface area contributed by atoms with Gasteiger partial charge in [0.1, 0.15) is 4.88 Å². The van der Waals surface area contributed by atoms with E-state index in [-0.39, 0.29) is 16.3 Å². The quantitative estimate of drug-likeness (QED) is 0.703. The number of thiophene rings is 1. The van der Waals surface area contributed by atoms with E-state index in [2.05, 4.69) is 4.72 Å². The summed E-state index contributed by atoms with van der Waals surface area (Å²) in [5, 5.41) is 10.1. The second-order valence-electron chi connectivity index (χ2n) is 4.37. The number of aromatic carboxylic acids is 1. The van der Waals surface area contributed by atoms with Gasteiger partial charge in [-0.2, -0.15) is 0 Å². The molecule has 1 heterocycles. The Bertz CT molecular complexity index is 547. The van der Waals surface area contributed by atoms with Gasteiger partial charge in [0.25, 0.3) is 0 Å². The number of hydrogen-bond acceptors (Lipinski definition) is 5. The Kier molecular flexibility index (Phi) is 4.56. The first-order chi connectivity index (χ1) is 8.99. The number of nitrogens with one attached hydrogen (secondary N) is 1. The van der Waals surface area contributed by atoms with Crippen LogP contribution in [-0.4, -0.2) is 39.3 Å². The van der Waals surface area contributed by atoms with Crippen molar-refractivity contribution in [2.75, 3.05) is 19.8 Å². The van der Waals surface area contributed by atoms with Crippen molar-refractivity contribution >= 4 is 27.3 Å². The van der Waals surface area contributed by atoms with Gasteiger partial charge >= 0.3 is 5.97 Å². The minimum absolute atomic E-state index is 0.00496. The highest BCUT2D eigenvalue weighted by Gasteiger charge is 2.21. The molecule has 8 heteroatoms. The second-order valence-corrected chi connectivity index (χ2v) is 7.05. The molecule has 1 aromatic rings. The summed E-state index contributed by atoms with van der Waals surface area (Å²) in [5.41, 5.74) is 0. The first-order valence-corrected chi connectivity index (χ1v) is 8.24. The monoisotopic (exact) mass is 305 g/mol. The van der Waals surface area contributed by atoms with Crippen molar-refractivity contribution in [2.24, 2.45) is 5.92 Å². The molecule has 0 aliphatic heterocycles. The molecule has 0 saturated heterocycles. The molecule has 0 unspecified atom stereocenters. The third-order valence-corrected chi connectivity index (χ3v) is 5.19. The molecule has 106 valence electrons. The molecule has 0 bridgehead atoms. The fourth-order valence-electron chi connectivity index (χ4n) is 1.44. The molecule has 1 fully saturated rings. The summed E-state index contributed by atoms with van der Waals surface area (Å²) in [6, 6.07) is 1.15. The van der Waals surface area contributed by atoms with Gasteiger partial charge < -0.3 is 9.84 Å². The summed E-state index contributed by atoms with van der Waals surface area (Å²) >= 11 is 0.890. The van der Waals surface area contributed by atoms with Gasteiger partial charge in [0.15, 0.2) is 0 Å². The van der Waals surface area contributed by atoms with E-state index in [0.717, 1.165) is 17.4 Å². The Balaban J connectivity index is 1.80. The van der Waals surface area contributed by atoms with Gasteiger partial charge in [-0.3, -0.25) is 0 Å². The first kappa shape index (κ1) is 14.4. The molecule has 0 aromatic carbocycles. The predicted octanol–water partition coefficient (Wildman–Crippen LogP) is 1.15. The van der Waals surface area contributed by atoms with Crippen molar-refractivity contribution in [3.63, 3.8) is 0 Å². The van der Waals surface area contributed by atoms with Gasteiger partial charge in [0.05, 0.1) is 11.5 Å². The second kappa shape index (κ2) is 6.00. The molecule has 0 radical (unpaired) electrons. The number of hydrogen-bond donors (Lipinski definition) is 2. The number of carboxylic acid groups (broad SMARTS) is 1. The van der Waals surface area contributed by atoms with Crippen LogP contribution < -0.4 is 4.72 Å². The maximum absolute atomic E-state index is 11.8. The average Bonchev–Trinajstić information content (AvgIpc) is 3.01. The van der Waals surface area contributed by atoms with Crippen LogP contribution in [0.5, 0.6) is 0 Å². The zero-order chi connectivity index (χ0) is 13.9. The lowest BCUT2D eigenvalue weighted by atomic mass is 10.5. The first-order valence-electron chi connectivity index (χ1n) is 5.88. The van der Waals surface area contributed by atoms with E-state index in [4.69, 9.17) is 9.84 Å². The summed E-state index contributed by atoms with van der Waals surface area (Å²) in [6.45, 7) is 1.20. The number of carbonyl (C=O) groups is 1. The molecule has 1 saturated carbocycles. The van der Waals surface area contributed by atoms with E-state index in [1.165, 1.54) is 18.2 Å². The van der Waals surface area contributed by atoms with Crippen molar-refractivity contribution in [2.45, 2.75) is 17.7 Å².